The minimum Gasteiger partial charge on any atom is -0.394 e. The predicted octanol–water partition coefficient (Wildman–Crippen LogP) is 0.902. The number of morpholine rings is 1. The lowest BCUT2D eigenvalue weighted by Crippen LogP contribution is -2.48. The van der Waals surface area contributed by atoms with Gasteiger partial charge in [-0.05, 0) is 19.8 Å². The average Bonchev–Trinajstić information content (AvgIpc) is 3.32. The van der Waals surface area contributed by atoms with Crippen LogP contribution in [0.5, 0.6) is 0 Å². The zero-order chi connectivity index (χ0) is 14.1. The van der Waals surface area contributed by atoms with Gasteiger partial charge < -0.3 is 20.1 Å². The molecule has 1 saturated carbocycles. The summed E-state index contributed by atoms with van der Waals surface area (Å²) in [4.78, 5) is 11.5. The van der Waals surface area contributed by atoms with Crippen LogP contribution in [0.15, 0.2) is 0 Å². The molecular weight excluding hydrogens is 256 g/mol. The first kappa shape index (κ1) is 13.6. The van der Waals surface area contributed by atoms with Gasteiger partial charge in [-0.15, -0.1) is 0 Å². The highest BCUT2D eigenvalue weighted by Crippen LogP contribution is 2.40. The molecule has 6 heteroatoms. The molecule has 1 aromatic rings. The van der Waals surface area contributed by atoms with Crippen molar-refractivity contribution in [2.24, 2.45) is 0 Å². The first-order valence-corrected chi connectivity index (χ1v) is 7.26. The Morgan fingerprint density at radius 1 is 1.40 bits per heavy atom. The Morgan fingerprint density at radius 2 is 2.20 bits per heavy atom. The second-order valence-corrected chi connectivity index (χ2v) is 5.51. The van der Waals surface area contributed by atoms with Gasteiger partial charge in [0.2, 0.25) is 0 Å². The zero-order valence-corrected chi connectivity index (χ0v) is 12.1. The highest BCUT2D eigenvalue weighted by Gasteiger charge is 2.31. The van der Waals surface area contributed by atoms with Crippen molar-refractivity contribution < 1.29 is 9.84 Å². The number of anilines is 2. The molecule has 0 spiro atoms. The SMILES string of the molecule is CNc1nc(C2CC2)nc(N2CCOCC2CO)c1C. The minimum atomic E-state index is -0.0193. The fourth-order valence-electron chi connectivity index (χ4n) is 2.65. The van der Waals surface area contributed by atoms with E-state index in [-0.39, 0.29) is 12.6 Å². The lowest BCUT2D eigenvalue weighted by atomic mass is 10.2. The molecule has 2 heterocycles. The molecule has 1 saturated heterocycles. The molecule has 1 aromatic heterocycles. The third-order valence-electron chi connectivity index (χ3n) is 4.03. The highest BCUT2D eigenvalue weighted by atomic mass is 16.5. The largest absolute Gasteiger partial charge is 0.394 e. The first-order chi connectivity index (χ1) is 9.74. The van der Waals surface area contributed by atoms with Crippen LogP contribution >= 0.6 is 0 Å². The third-order valence-corrected chi connectivity index (χ3v) is 4.03. The second-order valence-electron chi connectivity index (χ2n) is 5.51. The normalized spacial score (nSPS) is 22.9. The topological polar surface area (TPSA) is 70.5 Å². The van der Waals surface area contributed by atoms with Crippen molar-refractivity contribution in [1.29, 1.82) is 0 Å². The van der Waals surface area contributed by atoms with Crippen molar-refractivity contribution in [3.8, 4) is 0 Å². The van der Waals surface area contributed by atoms with E-state index in [9.17, 15) is 5.11 Å². The fourth-order valence-corrected chi connectivity index (χ4v) is 2.65. The van der Waals surface area contributed by atoms with Gasteiger partial charge in [0.15, 0.2) is 0 Å². The smallest absolute Gasteiger partial charge is 0.137 e. The standard InChI is InChI=1S/C14H22N4O2/c1-9-12(15-2)16-13(10-3-4-10)17-14(9)18-5-6-20-8-11(18)7-19/h10-11,19H,3-8H2,1-2H3,(H,15,16,17). The second kappa shape index (κ2) is 5.54. The molecule has 1 aliphatic heterocycles. The maximum Gasteiger partial charge on any atom is 0.137 e. The van der Waals surface area contributed by atoms with Crippen LogP contribution in [0.4, 0.5) is 11.6 Å². The number of aliphatic hydroxyl groups is 1. The number of aromatic nitrogens is 2. The van der Waals surface area contributed by atoms with E-state index in [1.165, 1.54) is 12.8 Å². The van der Waals surface area contributed by atoms with E-state index in [0.717, 1.165) is 29.6 Å². The molecule has 2 N–H and O–H groups in total. The summed E-state index contributed by atoms with van der Waals surface area (Å²) in [6.45, 7) is 4.09. The van der Waals surface area contributed by atoms with Gasteiger partial charge in [-0.25, -0.2) is 9.97 Å². The van der Waals surface area contributed by atoms with Crippen LogP contribution in [-0.4, -0.2) is 54.5 Å². The van der Waals surface area contributed by atoms with Crippen LogP contribution in [0.2, 0.25) is 0 Å². The Balaban J connectivity index is 1.99. The Bertz CT molecular complexity index is 490. The molecule has 0 radical (unpaired) electrons. The van der Waals surface area contributed by atoms with Crippen LogP contribution in [-0.2, 0) is 4.74 Å². The van der Waals surface area contributed by atoms with Crippen molar-refractivity contribution in [1.82, 2.24) is 9.97 Å². The van der Waals surface area contributed by atoms with Crippen LogP contribution in [0, 0.1) is 6.92 Å². The Labute approximate surface area is 119 Å². The van der Waals surface area contributed by atoms with Gasteiger partial charge in [0.25, 0.3) is 0 Å². The summed E-state index contributed by atoms with van der Waals surface area (Å²) in [6, 6.07) is -0.0193. The number of rotatable bonds is 4. The van der Waals surface area contributed by atoms with Gasteiger partial charge in [0, 0.05) is 25.1 Å². The van der Waals surface area contributed by atoms with Crippen LogP contribution in [0.25, 0.3) is 0 Å². The summed E-state index contributed by atoms with van der Waals surface area (Å²) in [5, 5.41) is 12.7. The number of aliphatic hydroxyl groups excluding tert-OH is 1. The first-order valence-electron chi connectivity index (χ1n) is 7.26. The lowest BCUT2D eigenvalue weighted by Gasteiger charge is -2.36. The van der Waals surface area contributed by atoms with E-state index in [4.69, 9.17) is 9.72 Å². The molecule has 110 valence electrons. The molecule has 1 atom stereocenters. The van der Waals surface area contributed by atoms with Crippen LogP contribution in [0.1, 0.15) is 30.1 Å². The van der Waals surface area contributed by atoms with Crippen molar-refractivity contribution >= 4 is 11.6 Å². The van der Waals surface area contributed by atoms with Crippen molar-refractivity contribution in [2.45, 2.75) is 31.7 Å². The molecule has 0 bridgehead atoms. The monoisotopic (exact) mass is 278 g/mol. The Kier molecular flexibility index (Phi) is 3.76. The van der Waals surface area contributed by atoms with Gasteiger partial charge in [-0.3, -0.25) is 0 Å². The number of nitrogens with zero attached hydrogens (tertiary/aromatic N) is 3. The van der Waals surface area contributed by atoms with Gasteiger partial charge in [0.05, 0.1) is 25.9 Å². The summed E-state index contributed by atoms with van der Waals surface area (Å²) in [5.41, 5.74) is 1.04. The number of hydrogen-bond donors (Lipinski definition) is 2. The third kappa shape index (κ3) is 2.45. The molecule has 1 aliphatic carbocycles. The number of nitrogens with one attached hydrogen (secondary N) is 1. The van der Waals surface area contributed by atoms with E-state index in [2.05, 4.69) is 15.2 Å². The van der Waals surface area contributed by atoms with Crippen molar-refractivity contribution in [3.05, 3.63) is 11.4 Å². The summed E-state index contributed by atoms with van der Waals surface area (Å²) in [7, 11) is 1.89. The molecule has 0 aromatic carbocycles. The molecule has 3 rings (SSSR count). The van der Waals surface area contributed by atoms with Gasteiger partial charge >= 0.3 is 0 Å². The Morgan fingerprint density at radius 3 is 2.85 bits per heavy atom. The summed E-state index contributed by atoms with van der Waals surface area (Å²) >= 11 is 0. The molecule has 2 fully saturated rings. The zero-order valence-electron chi connectivity index (χ0n) is 12.1. The maximum atomic E-state index is 9.55. The predicted molar refractivity (Wildman–Crippen MR) is 77.3 cm³/mol. The summed E-state index contributed by atoms with van der Waals surface area (Å²) in [6.07, 6.45) is 2.36. The fraction of sp³-hybridized carbons (Fsp3) is 0.714. The Hall–Kier alpha value is -1.40. The number of hydrogen-bond acceptors (Lipinski definition) is 6. The van der Waals surface area contributed by atoms with E-state index >= 15 is 0 Å². The maximum absolute atomic E-state index is 9.55. The van der Waals surface area contributed by atoms with Gasteiger partial charge in [0.1, 0.15) is 17.5 Å². The summed E-state index contributed by atoms with van der Waals surface area (Å²) < 4.78 is 5.45. The molecule has 2 aliphatic rings. The minimum absolute atomic E-state index is 0.0193. The van der Waals surface area contributed by atoms with Crippen molar-refractivity contribution in [3.63, 3.8) is 0 Å². The number of ether oxygens (including phenoxy) is 1. The van der Waals surface area contributed by atoms with Crippen molar-refractivity contribution in [2.75, 3.05) is 43.6 Å². The molecular formula is C14H22N4O2. The molecule has 6 nitrogen and oxygen atoms in total. The van der Waals surface area contributed by atoms with E-state index in [0.29, 0.717) is 19.1 Å². The average molecular weight is 278 g/mol. The van der Waals surface area contributed by atoms with Gasteiger partial charge in [-0.2, -0.15) is 0 Å². The van der Waals surface area contributed by atoms with Crippen LogP contribution < -0.4 is 10.2 Å². The molecule has 1 unspecified atom stereocenters. The lowest BCUT2D eigenvalue weighted by molar-refractivity contribution is 0.0722. The summed E-state index contributed by atoms with van der Waals surface area (Å²) in [5.74, 6) is 3.27. The molecule has 20 heavy (non-hydrogen) atoms. The van der Waals surface area contributed by atoms with Gasteiger partial charge in [-0.1, -0.05) is 0 Å². The van der Waals surface area contributed by atoms with E-state index in [1.54, 1.807) is 0 Å². The quantitative estimate of drug-likeness (QED) is 0.853. The highest BCUT2D eigenvalue weighted by molar-refractivity contribution is 5.59. The van der Waals surface area contributed by atoms with E-state index in [1.807, 2.05) is 14.0 Å². The van der Waals surface area contributed by atoms with Crippen LogP contribution in [0.3, 0.4) is 0 Å². The molecule has 0 amide bonds. The van der Waals surface area contributed by atoms with E-state index < -0.39 is 0 Å².